The second-order valence-corrected chi connectivity index (χ2v) is 4.57. The zero-order valence-electron chi connectivity index (χ0n) is 11.2. The van der Waals surface area contributed by atoms with E-state index in [9.17, 15) is 4.79 Å². The van der Waals surface area contributed by atoms with Gasteiger partial charge in [-0.3, -0.25) is 0 Å². The van der Waals surface area contributed by atoms with E-state index in [0.717, 1.165) is 22.0 Å². The Balaban J connectivity index is 2.02. The molecule has 0 radical (unpaired) electrons. The van der Waals surface area contributed by atoms with Gasteiger partial charge in [-0.2, -0.15) is 0 Å². The first-order chi connectivity index (χ1) is 9.78. The molecule has 0 saturated heterocycles. The van der Waals surface area contributed by atoms with Gasteiger partial charge in [-0.15, -0.1) is 0 Å². The lowest BCUT2D eigenvalue weighted by Gasteiger charge is -2.01. The van der Waals surface area contributed by atoms with E-state index < -0.39 is 0 Å². The molecule has 1 heterocycles. The van der Waals surface area contributed by atoms with Crippen LogP contribution in [0, 0.1) is 0 Å². The van der Waals surface area contributed by atoms with E-state index in [2.05, 4.69) is 23.2 Å². The molecule has 20 heavy (non-hydrogen) atoms. The second kappa shape index (κ2) is 5.21. The van der Waals surface area contributed by atoms with E-state index in [4.69, 9.17) is 4.74 Å². The van der Waals surface area contributed by atoms with Gasteiger partial charge >= 0.3 is 5.97 Å². The highest BCUT2D eigenvalue weighted by molar-refractivity contribution is 5.96. The van der Waals surface area contributed by atoms with Crippen molar-refractivity contribution in [2.75, 3.05) is 6.61 Å². The number of ether oxygens (including phenoxy) is 1. The molecule has 1 N–H and O–H groups in total. The van der Waals surface area contributed by atoms with E-state index in [1.807, 2.05) is 36.4 Å². The van der Waals surface area contributed by atoms with Crippen LogP contribution in [0.5, 0.6) is 0 Å². The molecule has 1 aromatic heterocycles. The minimum absolute atomic E-state index is 0.315. The van der Waals surface area contributed by atoms with Crippen LogP contribution in [0.4, 0.5) is 0 Å². The molecule has 0 saturated carbocycles. The average Bonchev–Trinajstić information content (AvgIpc) is 2.91. The number of carbonyl (C=O) groups excluding carboxylic acids is 1. The van der Waals surface area contributed by atoms with Gasteiger partial charge in [0, 0.05) is 10.9 Å². The van der Waals surface area contributed by atoms with Crippen LogP contribution in [0.15, 0.2) is 54.6 Å². The number of rotatable bonds is 3. The molecular formula is C17H15NO2. The summed E-state index contributed by atoms with van der Waals surface area (Å²) in [5.41, 5.74) is 3.71. The zero-order valence-corrected chi connectivity index (χ0v) is 11.2. The summed E-state index contributed by atoms with van der Waals surface area (Å²) in [4.78, 5) is 14.8. The Bertz CT molecular complexity index is 744. The topological polar surface area (TPSA) is 42.1 Å². The Morgan fingerprint density at radius 2 is 1.85 bits per heavy atom. The summed E-state index contributed by atoms with van der Waals surface area (Å²) in [6.45, 7) is 2.18. The fourth-order valence-corrected chi connectivity index (χ4v) is 2.26. The third kappa shape index (κ3) is 2.30. The number of fused-ring (bicyclic) bond motifs is 1. The molecule has 100 valence electrons. The molecule has 0 spiro atoms. The van der Waals surface area contributed by atoms with Gasteiger partial charge < -0.3 is 9.72 Å². The number of aromatic amines is 1. The highest BCUT2D eigenvalue weighted by atomic mass is 16.5. The van der Waals surface area contributed by atoms with Crippen LogP contribution in [0.2, 0.25) is 0 Å². The van der Waals surface area contributed by atoms with Gasteiger partial charge in [0.15, 0.2) is 0 Å². The van der Waals surface area contributed by atoms with Gasteiger partial charge in [-0.25, -0.2) is 4.79 Å². The highest BCUT2D eigenvalue weighted by Crippen LogP contribution is 2.24. The number of aromatic nitrogens is 1. The van der Waals surface area contributed by atoms with Crippen LogP contribution in [-0.2, 0) is 4.74 Å². The molecule has 0 atom stereocenters. The summed E-state index contributed by atoms with van der Waals surface area (Å²) in [6.07, 6.45) is 0. The van der Waals surface area contributed by atoms with Crippen LogP contribution < -0.4 is 0 Å². The Morgan fingerprint density at radius 3 is 2.60 bits per heavy atom. The predicted octanol–water partition coefficient (Wildman–Crippen LogP) is 4.01. The number of benzene rings is 2. The fourth-order valence-electron chi connectivity index (χ4n) is 2.26. The molecule has 3 heteroatoms. The molecule has 3 rings (SSSR count). The van der Waals surface area contributed by atoms with Gasteiger partial charge in [0.2, 0.25) is 0 Å². The first kappa shape index (κ1) is 12.5. The highest BCUT2D eigenvalue weighted by Gasteiger charge is 2.10. The molecule has 3 nitrogen and oxygen atoms in total. The molecule has 0 aliphatic carbocycles. The number of H-pyrrole nitrogens is 1. The van der Waals surface area contributed by atoms with E-state index in [-0.39, 0.29) is 5.97 Å². The van der Waals surface area contributed by atoms with E-state index >= 15 is 0 Å². The maximum absolute atomic E-state index is 11.7. The van der Waals surface area contributed by atoms with Crippen molar-refractivity contribution in [1.29, 1.82) is 0 Å². The minimum atomic E-state index is -0.315. The third-order valence-electron chi connectivity index (χ3n) is 3.22. The Labute approximate surface area is 117 Å². The van der Waals surface area contributed by atoms with Gasteiger partial charge in [0.05, 0.1) is 6.61 Å². The summed E-state index contributed by atoms with van der Waals surface area (Å²) < 4.78 is 5.00. The average molecular weight is 265 g/mol. The van der Waals surface area contributed by atoms with Crippen molar-refractivity contribution in [2.24, 2.45) is 0 Å². The maximum atomic E-state index is 11.7. The number of hydrogen-bond donors (Lipinski definition) is 1. The molecule has 0 aliphatic rings. The monoisotopic (exact) mass is 265 g/mol. The summed E-state index contributed by atoms with van der Waals surface area (Å²) in [6, 6.07) is 18.1. The minimum Gasteiger partial charge on any atom is -0.461 e. The maximum Gasteiger partial charge on any atom is 0.354 e. The van der Waals surface area contributed by atoms with Crippen molar-refractivity contribution in [2.45, 2.75) is 6.92 Å². The molecule has 0 amide bonds. The van der Waals surface area contributed by atoms with Crippen LogP contribution >= 0.6 is 0 Å². The van der Waals surface area contributed by atoms with Gasteiger partial charge in [-0.05, 0) is 30.2 Å². The lowest BCUT2D eigenvalue weighted by molar-refractivity contribution is 0.0520. The van der Waals surface area contributed by atoms with Crippen LogP contribution in [0.25, 0.3) is 22.0 Å². The van der Waals surface area contributed by atoms with Crippen molar-refractivity contribution in [1.82, 2.24) is 4.98 Å². The predicted molar refractivity (Wildman–Crippen MR) is 79.7 cm³/mol. The first-order valence-corrected chi connectivity index (χ1v) is 6.63. The van der Waals surface area contributed by atoms with Crippen LogP contribution in [0.1, 0.15) is 17.4 Å². The first-order valence-electron chi connectivity index (χ1n) is 6.63. The molecule has 2 aromatic carbocycles. The van der Waals surface area contributed by atoms with Crippen LogP contribution in [-0.4, -0.2) is 17.6 Å². The van der Waals surface area contributed by atoms with Crippen LogP contribution in [0.3, 0.4) is 0 Å². The Morgan fingerprint density at radius 1 is 1.05 bits per heavy atom. The summed E-state index contributed by atoms with van der Waals surface area (Å²) in [7, 11) is 0. The quantitative estimate of drug-likeness (QED) is 0.727. The number of esters is 1. The van der Waals surface area contributed by atoms with Gasteiger partial charge in [0.1, 0.15) is 5.69 Å². The van der Waals surface area contributed by atoms with Gasteiger partial charge in [0.25, 0.3) is 0 Å². The molecule has 0 unspecified atom stereocenters. The lowest BCUT2D eigenvalue weighted by Crippen LogP contribution is -2.04. The van der Waals surface area contributed by atoms with Crippen molar-refractivity contribution < 1.29 is 9.53 Å². The fraction of sp³-hybridized carbons (Fsp3) is 0.118. The molecule has 0 bridgehead atoms. The van der Waals surface area contributed by atoms with Gasteiger partial charge in [-0.1, -0.05) is 42.5 Å². The summed E-state index contributed by atoms with van der Waals surface area (Å²) in [5, 5.41) is 1.01. The zero-order chi connectivity index (χ0) is 13.9. The number of nitrogens with one attached hydrogen (secondary N) is 1. The molecule has 0 aliphatic heterocycles. The molecular weight excluding hydrogens is 250 g/mol. The lowest BCUT2D eigenvalue weighted by atomic mass is 10.0. The largest absolute Gasteiger partial charge is 0.461 e. The number of hydrogen-bond acceptors (Lipinski definition) is 2. The Kier molecular flexibility index (Phi) is 3.25. The normalized spacial score (nSPS) is 10.7. The van der Waals surface area contributed by atoms with E-state index in [1.54, 1.807) is 6.92 Å². The van der Waals surface area contributed by atoms with E-state index in [1.165, 1.54) is 0 Å². The SMILES string of the molecule is CCOC(=O)c1cc2ccc(-c3ccccc3)cc2[nH]1. The van der Waals surface area contributed by atoms with Crippen molar-refractivity contribution in [3.8, 4) is 11.1 Å². The molecule has 0 fully saturated rings. The summed E-state index contributed by atoms with van der Waals surface area (Å²) >= 11 is 0. The van der Waals surface area contributed by atoms with Crippen molar-refractivity contribution in [3.05, 3.63) is 60.3 Å². The summed E-state index contributed by atoms with van der Waals surface area (Å²) in [5.74, 6) is -0.315. The second-order valence-electron chi connectivity index (χ2n) is 4.57. The number of carbonyl (C=O) groups is 1. The van der Waals surface area contributed by atoms with E-state index in [0.29, 0.717) is 12.3 Å². The van der Waals surface area contributed by atoms with Crippen molar-refractivity contribution >= 4 is 16.9 Å². The third-order valence-corrected chi connectivity index (χ3v) is 3.22. The standard InChI is InChI=1S/C17H15NO2/c1-2-20-17(19)16-11-14-9-8-13(10-15(14)18-16)12-6-4-3-5-7-12/h3-11,18H,2H2,1H3. The smallest absolute Gasteiger partial charge is 0.354 e. The Hall–Kier alpha value is -2.55. The van der Waals surface area contributed by atoms with Crippen molar-refractivity contribution in [3.63, 3.8) is 0 Å². The molecule has 3 aromatic rings.